The predicted molar refractivity (Wildman–Crippen MR) is 78.4 cm³/mol. The Morgan fingerprint density at radius 1 is 1.29 bits per heavy atom. The third-order valence-corrected chi connectivity index (χ3v) is 3.77. The van der Waals surface area contributed by atoms with Crippen molar-refractivity contribution >= 4 is 18.0 Å². The molecule has 0 bridgehead atoms. The largest absolute Gasteiger partial charge is 0.469 e. The molecule has 114 valence electrons. The number of hydrogen-bond donors (Lipinski definition) is 1. The number of rotatable bonds is 4. The van der Waals surface area contributed by atoms with Crippen molar-refractivity contribution in [3.63, 3.8) is 0 Å². The number of aryl methyl sites for hydroxylation is 1. The van der Waals surface area contributed by atoms with E-state index in [2.05, 4.69) is 5.32 Å². The SMILES string of the molecule is COC(=O)C1CCC(NC(=O)/C=C/c2ccc(C)o2)CC1. The van der Waals surface area contributed by atoms with Crippen LogP contribution in [0.15, 0.2) is 22.6 Å². The van der Waals surface area contributed by atoms with E-state index in [1.807, 2.05) is 19.1 Å². The van der Waals surface area contributed by atoms with Crippen LogP contribution in [-0.4, -0.2) is 25.0 Å². The summed E-state index contributed by atoms with van der Waals surface area (Å²) >= 11 is 0. The van der Waals surface area contributed by atoms with Gasteiger partial charge in [-0.2, -0.15) is 0 Å². The molecule has 1 aliphatic carbocycles. The van der Waals surface area contributed by atoms with Crippen LogP contribution in [0, 0.1) is 12.8 Å². The van der Waals surface area contributed by atoms with Crippen LogP contribution in [-0.2, 0) is 14.3 Å². The third-order valence-electron chi connectivity index (χ3n) is 3.77. The van der Waals surface area contributed by atoms with Crippen molar-refractivity contribution in [2.24, 2.45) is 5.92 Å². The molecule has 1 N–H and O–H groups in total. The van der Waals surface area contributed by atoms with Crippen molar-refractivity contribution in [2.75, 3.05) is 7.11 Å². The molecular weight excluding hydrogens is 270 g/mol. The van der Waals surface area contributed by atoms with Crippen LogP contribution in [0.2, 0.25) is 0 Å². The van der Waals surface area contributed by atoms with Gasteiger partial charge >= 0.3 is 5.97 Å². The number of esters is 1. The van der Waals surface area contributed by atoms with Gasteiger partial charge in [-0.05, 0) is 50.8 Å². The Kier molecular flexibility index (Phi) is 5.20. The average Bonchev–Trinajstić information content (AvgIpc) is 2.91. The van der Waals surface area contributed by atoms with Crippen molar-refractivity contribution in [2.45, 2.75) is 38.6 Å². The molecule has 2 rings (SSSR count). The molecule has 1 aromatic rings. The molecule has 0 atom stereocenters. The zero-order valence-corrected chi connectivity index (χ0v) is 12.4. The maximum atomic E-state index is 11.8. The minimum atomic E-state index is -0.145. The molecule has 5 nitrogen and oxygen atoms in total. The molecule has 0 unspecified atom stereocenters. The average molecular weight is 291 g/mol. The van der Waals surface area contributed by atoms with Crippen molar-refractivity contribution in [1.82, 2.24) is 5.32 Å². The van der Waals surface area contributed by atoms with Gasteiger partial charge in [0.05, 0.1) is 13.0 Å². The molecule has 0 saturated heterocycles. The van der Waals surface area contributed by atoms with Crippen LogP contribution in [0.5, 0.6) is 0 Å². The van der Waals surface area contributed by atoms with Gasteiger partial charge in [0.2, 0.25) is 5.91 Å². The van der Waals surface area contributed by atoms with Gasteiger partial charge in [0.1, 0.15) is 11.5 Å². The molecule has 21 heavy (non-hydrogen) atoms. The highest BCUT2D eigenvalue weighted by Gasteiger charge is 2.27. The number of methoxy groups -OCH3 is 1. The summed E-state index contributed by atoms with van der Waals surface area (Å²) in [5.41, 5.74) is 0. The smallest absolute Gasteiger partial charge is 0.308 e. The fraction of sp³-hybridized carbons (Fsp3) is 0.500. The van der Waals surface area contributed by atoms with E-state index in [1.165, 1.54) is 13.2 Å². The van der Waals surface area contributed by atoms with Crippen molar-refractivity contribution in [3.05, 3.63) is 29.7 Å². The zero-order chi connectivity index (χ0) is 15.2. The highest BCUT2D eigenvalue weighted by molar-refractivity contribution is 5.91. The number of furan rings is 1. The number of ether oxygens (including phenoxy) is 1. The minimum absolute atomic E-state index is 0.0233. The van der Waals surface area contributed by atoms with Crippen molar-refractivity contribution < 1.29 is 18.7 Å². The predicted octanol–water partition coefficient (Wildman–Crippen LogP) is 2.45. The van der Waals surface area contributed by atoms with E-state index in [4.69, 9.17) is 9.15 Å². The standard InChI is InChI=1S/C16H21NO4/c1-11-3-8-14(21-11)9-10-15(18)17-13-6-4-12(5-7-13)16(19)20-2/h3,8-10,12-13H,4-7H2,1-2H3,(H,17,18)/b10-9+. The fourth-order valence-corrected chi connectivity index (χ4v) is 2.59. The number of carbonyl (C=O) groups is 2. The van der Waals surface area contributed by atoms with Crippen LogP contribution < -0.4 is 5.32 Å². The molecular formula is C16H21NO4. The second-order valence-corrected chi connectivity index (χ2v) is 5.36. The summed E-state index contributed by atoms with van der Waals surface area (Å²) in [6.07, 6.45) is 6.27. The number of carbonyl (C=O) groups excluding carboxylic acids is 2. The van der Waals surface area contributed by atoms with Gasteiger partial charge in [-0.1, -0.05) is 0 Å². The summed E-state index contributed by atoms with van der Waals surface area (Å²) in [6.45, 7) is 1.86. The molecule has 1 aliphatic rings. The molecule has 1 heterocycles. The summed E-state index contributed by atoms with van der Waals surface area (Å²) < 4.78 is 10.1. The quantitative estimate of drug-likeness (QED) is 0.683. The van der Waals surface area contributed by atoms with Crippen LogP contribution >= 0.6 is 0 Å². The molecule has 1 amide bonds. The zero-order valence-electron chi connectivity index (χ0n) is 12.4. The van der Waals surface area contributed by atoms with E-state index < -0.39 is 0 Å². The van der Waals surface area contributed by atoms with Gasteiger partial charge < -0.3 is 14.5 Å². The molecule has 0 radical (unpaired) electrons. The summed E-state index contributed by atoms with van der Waals surface area (Å²) in [5.74, 6) is 1.18. The molecule has 0 aliphatic heterocycles. The molecule has 5 heteroatoms. The highest BCUT2D eigenvalue weighted by Crippen LogP contribution is 2.25. The Balaban J connectivity index is 1.77. The van der Waals surface area contributed by atoms with Crippen molar-refractivity contribution in [3.8, 4) is 0 Å². The molecule has 1 fully saturated rings. The maximum absolute atomic E-state index is 11.8. The Hall–Kier alpha value is -2.04. The lowest BCUT2D eigenvalue weighted by Crippen LogP contribution is -2.38. The van der Waals surface area contributed by atoms with Crippen LogP contribution in [0.3, 0.4) is 0 Å². The summed E-state index contributed by atoms with van der Waals surface area (Å²) in [4.78, 5) is 23.3. The van der Waals surface area contributed by atoms with E-state index in [1.54, 1.807) is 6.08 Å². The van der Waals surface area contributed by atoms with Crippen molar-refractivity contribution in [1.29, 1.82) is 0 Å². The first-order chi connectivity index (χ1) is 10.1. The molecule has 0 spiro atoms. The minimum Gasteiger partial charge on any atom is -0.469 e. The van der Waals surface area contributed by atoms with E-state index >= 15 is 0 Å². The van der Waals surface area contributed by atoms with Gasteiger partial charge in [0.15, 0.2) is 0 Å². The Labute approximate surface area is 124 Å². The van der Waals surface area contributed by atoms with Gasteiger partial charge in [-0.25, -0.2) is 0 Å². The Morgan fingerprint density at radius 2 is 2.00 bits per heavy atom. The number of nitrogens with one attached hydrogen (secondary N) is 1. The third kappa shape index (κ3) is 4.48. The van der Waals surface area contributed by atoms with E-state index in [9.17, 15) is 9.59 Å². The van der Waals surface area contributed by atoms with Crippen LogP contribution in [0.25, 0.3) is 6.08 Å². The van der Waals surface area contributed by atoms with Gasteiger partial charge in [0.25, 0.3) is 0 Å². The van der Waals surface area contributed by atoms with Crippen LogP contribution in [0.4, 0.5) is 0 Å². The first-order valence-corrected chi connectivity index (χ1v) is 7.21. The molecule has 1 saturated carbocycles. The number of hydrogen-bond acceptors (Lipinski definition) is 4. The van der Waals surface area contributed by atoms with Gasteiger partial charge in [-0.3, -0.25) is 9.59 Å². The van der Waals surface area contributed by atoms with E-state index in [0.29, 0.717) is 5.76 Å². The number of amides is 1. The van der Waals surface area contributed by atoms with Gasteiger partial charge in [0, 0.05) is 12.1 Å². The topological polar surface area (TPSA) is 68.5 Å². The maximum Gasteiger partial charge on any atom is 0.308 e. The van der Waals surface area contributed by atoms with Crippen LogP contribution in [0.1, 0.15) is 37.2 Å². The lowest BCUT2D eigenvalue weighted by molar-refractivity contribution is -0.146. The lowest BCUT2D eigenvalue weighted by Gasteiger charge is -2.27. The van der Waals surface area contributed by atoms with E-state index in [-0.39, 0.29) is 23.8 Å². The van der Waals surface area contributed by atoms with Gasteiger partial charge in [-0.15, -0.1) is 0 Å². The van der Waals surface area contributed by atoms with E-state index in [0.717, 1.165) is 31.4 Å². The Bertz CT molecular complexity index is 524. The first-order valence-electron chi connectivity index (χ1n) is 7.21. The summed E-state index contributed by atoms with van der Waals surface area (Å²) in [6, 6.07) is 3.80. The monoisotopic (exact) mass is 291 g/mol. The second kappa shape index (κ2) is 7.11. The highest BCUT2D eigenvalue weighted by atomic mass is 16.5. The fourth-order valence-electron chi connectivity index (χ4n) is 2.59. The first kappa shape index (κ1) is 15.4. The second-order valence-electron chi connectivity index (χ2n) is 5.36. The normalized spacial score (nSPS) is 22.2. The Morgan fingerprint density at radius 3 is 2.57 bits per heavy atom. The summed E-state index contributed by atoms with van der Waals surface area (Å²) in [5, 5.41) is 2.95. The molecule has 1 aromatic heterocycles. The summed E-state index contributed by atoms with van der Waals surface area (Å²) in [7, 11) is 1.41. The molecule has 0 aromatic carbocycles. The lowest BCUT2D eigenvalue weighted by atomic mass is 9.86.